The number of carbonyl (C=O) groups excluding carboxylic acids is 1. The molecule has 2 aromatic rings. The minimum absolute atomic E-state index is 0.0900. The van der Waals surface area contributed by atoms with E-state index < -0.39 is 17.6 Å². The smallest absolute Gasteiger partial charge is 0.230 e. The van der Waals surface area contributed by atoms with E-state index >= 15 is 0 Å². The van der Waals surface area contributed by atoms with Gasteiger partial charge in [-0.15, -0.1) is 0 Å². The number of rotatable bonds is 1. The Morgan fingerprint density at radius 2 is 2.00 bits per heavy atom. The summed E-state index contributed by atoms with van der Waals surface area (Å²) in [6.07, 6.45) is 0.0139. The number of Topliss-reactive ketones (excluding diaryl/α,β-unsaturated/α-hetero) is 1. The molecule has 0 bridgehead atoms. The second-order valence-corrected chi connectivity index (χ2v) is 4.57. The SMILES string of the molecule is O=C1C(O)=Cc2cc3c(CO)cccc3cc2C1O. The molecule has 0 saturated carbocycles. The molecule has 1 aliphatic rings. The molecule has 0 fully saturated rings. The summed E-state index contributed by atoms with van der Waals surface area (Å²) in [7, 11) is 0. The van der Waals surface area contributed by atoms with E-state index in [2.05, 4.69) is 0 Å². The molecule has 2 aromatic carbocycles. The van der Waals surface area contributed by atoms with Crippen LogP contribution >= 0.6 is 0 Å². The zero-order valence-electron chi connectivity index (χ0n) is 10.00. The van der Waals surface area contributed by atoms with E-state index in [1.54, 1.807) is 12.1 Å². The molecule has 0 aliphatic heterocycles. The second-order valence-electron chi connectivity index (χ2n) is 4.57. The molecule has 0 spiro atoms. The molecule has 0 radical (unpaired) electrons. The van der Waals surface area contributed by atoms with Gasteiger partial charge in [0.15, 0.2) is 5.76 Å². The van der Waals surface area contributed by atoms with Crippen molar-refractivity contribution >= 4 is 22.6 Å². The van der Waals surface area contributed by atoms with Gasteiger partial charge in [0.1, 0.15) is 6.10 Å². The van der Waals surface area contributed by atoms with Crippen molar-refractivity contribution in [3.8, 4) is 0 Å². The van der Waals surface area contributed by atoms with Crippen molar-refractivity contribution < 1.29 is 20.1 Å². The number of aliphatic hydroxyl groups is 3. The van der Waals surface area contributed by atoms with Gasteiger partial charge in [-0.1, -0.05) is 18.2 Å². The molecule has 19 heavy (non-hydrogen) atoms. The fourth-order valence-corrected chi connectivity index (χ4v) is 2.42. The Hall–Kier alpha value is -2.17. The largest absolute Gasteiger partial charge is 0.504 e. The predicted octanol–water partition coefficient (Wildman–Crippen LogP) is 1.85. The van der Waals surface area contributed by atoms with Gasteiger partial charge in [-0.2, -0.15) is 0 Å². The summed E-state index contributed by atoms with van der Waals surface area (Å²) < 4.78 is 0. The molecule has 0 saturated heterocycles. The molecule has 0 heterocycles. The van der Waals surface area contributed by atoms with Crippen molar-refractivity contribution in [1.29, 1.82) is 0 Å². The third-order valence-corrected chi connectivity index (χ3v) is 3.43. The van der Waals surface area contributed by atoms with Crippen LogP contribution < -0.4 is 0 Å². The van der Waals surface area contributed by atoms with Crippen molar-refractivity contribution in [2.24, 2.45) is 0 Å². The summed E-state index contributed by atoms with van der Waals surface area (Å²) in [6.45, 7) is -0.0900. The number of ketones is 1. The number of benzene rings is 2. The maximum atomic E-state index is 11.5. The molecule has 1 unspecified atom stereocenters. The lowest BCUT2D eigenvalue weighted by molar-refractivity contribution is -0.126. The van der Waals surface area contributed by atoms with Crippen LogP contribution in [0.15, 0.2) is 36.1 Å². The lowest BCUT2D eigenvalue weighted by Crippen LogP contribution is -2.19. The summed E-state index contributed by atoms with van der Waals surface area (Å²) >= 11 is 0. The van der Waals surface area contributed by atoms with Crippen LogP contribution in [0.25, 0.3) is 16.8 Å². The van der Waals surface area contributed by atoms with Crippen LogP contribution in [0.3, 0.4) is 0 Å². The first-order chi connectivity index (χ1) is 9.11. The molecule has 4 nitrogen and oxygen atoms in total. The van der Waals surface area contributed by atoms with Gasteiger partial charge >= 0.3 is 0 Å². The summed E-state index contributed by atoms with van der Waals surface area (Å²) in [5, 5.41) is 30.4. The predicted molar refractivity (Wildman–Crippen MR) is 70.4 cm³/mol. The van der Waals surface area contributed by atoms with Crippen molar-refractivity contribution in [3.63, 3.8) is 0 Å². The number of fused-ring (bicyclic) bond motifs is 2. The number of aliphatic hydroxyl groups excluding tert-OH is 3. The Balaban J connectivity index is 2.33. The van der Waals surface area contributed by atoms with Crippen LogP contribution in [0.1, 0.15) is 22.8 Å². The number of hydrogen-bond donors (Lipinski definition) is 3. The van der Waals surface area contributed by atoms with Crippen LogP contribution in [-0.4, -0.2) is 21.1 Å². The van der Waals surface area contributed by atoms with Gasteiger partial charge in [-0.3, -0.25) is 4.79 Å². The third kappa shape index (κ3) is 1.73. The average molecular weight is 256 g/mol. The highest BCUT2D eigenvalue weighted by molar-refractivity contribution is 6.05. The normalized spacial score (nSPS) is 18.3. The minimum Gasteiger partial charge on any atom is -0.504 e. The fraction of sp³-hybridized carbons (Fsp3) is 0.133. The van der Waals surface area contributed by atoms with E-state index in [9.17, 15) is 20.1 Å². The minimum atomic E-state index is -1.33. The summed E-state index contributed by atoms with van der Waals surface area (Å²) in [6, 6.07) is 8.95. The monoisotopic (exact) mass is 256 g/mol. The van der Waals surface area contributed by atoms with Gasteiger partial charge < -0.3 is 15.3 Å². The molecule has 1 atom stereocenters. The highest BCUT2D eigenvalue weighted by Gasteiger charge is 2.28. The Bertz CT molecular complexity index is 715. The zero-order valence-corrected chi connectivity index (χ0v) is 10.00. The topological polar surface area (TPSA) is 77.8 Å². The molecular formula is C15H12O4. The van der Waals surface area contributed by atoms with Crippen LogP contribution in [0.5, 0.6) is 0 Å². The first kappa shape index (κ1) is 11.9. The molecule has 0 amide bonds. The molecule has 96 valence electrons. The number of carbonyl (C=O) groups is 1. The van der Waals surface area contributed by atoms with Crippen LogP contribution in [0.2, 0.25) is 0 Å². The van der Waals surface area contributed by atoms with Gasteiger partial charge in [0.05, 0.1) is 6.61 Å². The summed E-state index contributed by atoms with van der Waals surface area (Å²) in [5.41, 5.74) is 1.84. The highest BCUT2D eigenvalue weighted by Crippen LogP contribution is 2.33. The van der Waals surface area contributed by atoms with E-state index in [4.69, 9.17) is 0 Å². The van der Waals surface area contributed by atoms with Gasteiger partial charge in [0.2, 0.25) is 5.78 Å². The van der Waals surface area contributed by atoms with Crippen LogP contribution in [-0.2, 0) is 11.4 Å². The first-order valence-electron chi connectivity index (χ1n) is 5.91. The average Bonchev–Trinajstić information content (AvgIpc) is 2.43. The van der Waals surface area contributed by atoms with E-state index in [0.717, 1.165) is 16.3 Å². The first-order valence-corrected chi connectivity index (χ1v) is 5.91. The van der Waals surface area contributed by atoms with Gasteiger partial charge in [-0.05, 0) is 45.7 Å². The van der Waals surface area contributed by atoms with Crippen molar-refractivity contribution in [3.05, 3.63) is 52.8 Å². The maximum Gasteiger partial charge on any atom is 0.230 e. The van der Waals surface area contributed by atoms with Gasteiger partial charge in [0.25, 0.3) is 0 Å². The molecule has 4 heteroatoms. The van der Waals surface area contributed by atoms with Gasteiger partial charge in [0, 0.05) is 0 Å². The van der Waals surface area contributed by atoms with E-state index in [0.29, 0.717) is 11.1 Å². The third-order valence-electron chi connectivity index (χ3n) is 3.43. The van der Waals surface area contributed by atoms with E-state index in [1.165, 1.54) is 6.08 Å². The Labute approximate surface area is 109 Å². The van der Waals surface area contributed by atoms with Gasteiger partial charge in [-0.25, -0.2) is 0 Å². The van der Waals surface area contributed by atoms with E-state index in [1.807, 2.05) is 18.2 Å². The fourth-order valence-electron chi connectivity index (χ4n) is 2.42. The quantitative estimate of drug-likeness (QED) is 0.727. The van der Waals surface area contributed by atoms with Crippen LogP contribution in [0, 0.1) is 0 Å². The Morgan fingerprint density at radius 3 is 2.74 bits per heavy atom. The summed E-state index contributed by atoms with van der Waals surface area (Å²) in [5.74, 6) is -1.13. The summed E-state index contributed by atoms with van der Waals surface area (Å²) in [4.78, 5) is 11.5. The van der Waals surface area contributed by atoms with Crippen molar-refractivity contribution in [1.82, 2.24) is 0 Å². The van der Waals surface area contributed by atoms with Crippen molar-refractivity contribution in [2.75, 3.05) is 0 Å². The standard InChI is InChI=1S/C15H12O4/c16-7-9-3-1-2-8-4-12-10(5-11(8)9)6-13(17)15(19)14(12)18/h1-6,14,16-18H,7H2. The lowest BCUT2D eigenvalue weighted by atomic mass is 9.89. The highest BCUT2D eigenvalue weighted by atomic mass is 16.3. The molecular weight excluding hydrogens is 244 g/mol. The molecule has 0 aromatic heterocycles. The number of hydrogen-bond acceptors (Lipinski definition) is 4. The maximum absolute atomic E-state index is 11.5. The Morgan fingerprint density at radius 1 is 1.21 bits per heavy atom. The van der Waals surface area contributed by atoms with Crippen LogP contribution in [0.4, 0.5) is 0 Å². The second kappa shape index (κ2) is 4.19. The molecule has 3 rings (SSSR count). The zero-order chi connectivity index (χ0) is 13.6. The lowest BCUT2D eigenvalue weighted by Gasteiger charge is -2.19. The van der Waals surface area contributed by atoms with E-state index in [-0.39, 0.29) is 6.61 Å². The Kier molecular flexibility index (Phi) is 2.62. The molecule has 1 aliphatic carbocycles. The van der Waals surface area contributed by atoms with Crippen molar-refractivity contribution in [2.45, 2.75) is 12.7 Å². The molecule has 3 N–H and O–H groups in total.